The van der Waals surface area contributed by atoms with Gasteiger partial charge in [0.05, 0.1) is 18.0 Å². The van der Waals surface area contributed by atoms with Crippen molar-refractivity contribution in [1.29, 1.82) is 0 Å². The van der Waals surface area contributed by atoms with E-state index in [0.29, 0.717) is 5.56 Å². The van der Waals surface area contributed by atoms with Crippen LogP contribution in [0, 0.1) is 5.82 Å². The first-order valence-corrected chi connectivity index (χ1v) is 9.02. The smallest absolute Gasteiger partial charge is 0.270 e. The lowest BCUT2D eigenvalue weighted by atomic mass is 10.2. The third kappa shape index (κ3) is 5.30. The highest BCUT2D eigenvalue weighted by atomic mass is 19.1. The molecule has 0 aliphatic rings. The van der Waals surface area contributed by atoms with E-state index in [1.54, 1.807) is 36.5 Å². The summed E-state index contributed by atoms with van der Waals surface area (Å²) in [6, 6.07) is 17.3. The number of benzene rings is 2. The fourth-order valence-corrected chi connectivity index (χ4v) is 2.57. The molecule has 1 amide bonds. The minimum absolute atomic E-state index is 0.109. The first-order valence-electron chi connectivity index (χ1n) is 9.02. The number of carbonyl (C=O) groups excluding carboxylic acids is 1. The molecule has 1 aromatic heterocycles. The number of hydrogen-bond acceptors (Lipinski definition) is 4. The number of ether oxygens (including phenoxy) is 1. The Balaban J connectivity index is 1.57. The third-order valence-corrected chi connectivity index (χ3v) is 3.91. The van der Waals surface area contributed by atoms with Gasteiger partial charge in [-0.1, -0.05) is 18.2 Å². The Morgan fingerprint density at radius 2 is 1.75 bits per heavy atom. The number of hydrogen-bond donors (Lipinski definition) is 2. The minimum Gasteiger partial charge on any atom is -0.491 e. The zero-order chi connectivity index (χ0) is 19.9. The van der Waals surface area contributed by atoms with E-state index >= 15 is 0 Å². The van der Waals surface area contributed by atoms with Gasteiger partial charge in [0.1, 0.15) is 17.3 Å². The molecule has 1 heterocycles. The molecule has 28 heavy (non-hydrogen) atoms. The Morgan fingerprint density at radius 1 is 1.04 bits per heavy atom. The van der Waals surface area contributed by atoms with Crippen LogP contribution in [0.1, 0.15) is 29.9 Å². The second kappa shape index (κ2) is 8.99. The number of nitrogens with zero attached hydrogens (tertiary/aromatic N) is 1. The number of aromatic nitrogens is 1. The van der Waals surface area contributed by atoms with Crippen LogP contribution < -0.4 is 15.4 Å². The summed E-state index contributed by atoms with van der Waals surface area (Å²) in [5.74, 6) is 0.102. The van der Waals surface area contributed by atoms with E-state index in [9.17, 15) is 9.18 Å². The molecule has 0 saturated heterocycles. The summed E-state index contributed by atoms with van der Waals surface area (Å²) < 4.78 is 19.2. The lowest BCUT2D eigenvalue weighted by Crippen LogP contribution is -2.24. The van der Waals surface area contributed by atoms with Crippen molar-refractivity contribution in [1.82, 2.24) is 10.3 Å². The maximum absolute atomic E-state index is 13.6. The van der Waals surface area contributed by atoms with Gasteiger partial charge in [-0.2, -0.15) is 0 Å². The zero-order valence-corrected chi connectivity index (χ0v) is 15.8. The first-order chi connectivity index (χ1) is 13.5. The number of nitrogens with one attached hydrogen (secondary N) is 2. The lowest BCUT2D eigenvalue weighted by molar-refractivity contribution is 0.0945. The van der Waals surface area contributed by atoms with Crippen molar-refractivity contribution in [2.24, 2.45) is 0 Å². The third-order valence-electron chi connectivity index (χ3n) is 3.91. The molecule has 0 radical (unpaired) electrons. The Hall–Kier alpha value is -3.41. The van der Waals surface area contributed by atoms with Crippen LogP contribution in [0.15, 0.2) is 66.9 Å². The number of carbonyl (C=O) groups is 1. The summed E-state index contributed by atoms with van der Waals surface area (Å²) in [5.41, 5.74) is 2.33. The molecule has 6 heteroatoms. The maximum atomic E-state index is 13.6. The number of rotatable bonds is 7. The topological polar surface area (TPSA) is 63.2 Å². The molecular weight excluding hydrogens is 357 g/mol. The fraction of sp³-hybridized carbons (Fsp3) is 0.182. The highest BCUT2D eigenvalue weighted by molar-refractivity contribution is 5.92. The summed E-state index contributed by atoms with van der Waals surface area (Å²) in [6.45, 7) is 4.07. The van der Waals surface area contributed by atoms with Crippen molar-refractivity contribution in [2.45, 2.75) is 26.5 Å². The van der Waals surface area contributed by atoms with Crippen LogP contribution in [-0.2, 0) is 6.54 Å². The maximum Gasteiger partial charge on any atom is 0.270 e. The van der Waals surface area contributed by atoms with Crippen LogP contribution in [0.3, 0.4) is 0 Å². The van der Waals surface area contributed by atoms with E-state index < -0.39 is 0 Å². The highest BCUT2D eigenvalue weighted by Gasteiger charge is 2.09. The van der Waals surface area contributed by atoms with E-state index in [-0.39, 0.29) is 30.1 Å². The molecule has 3 aromatic rings. The quantitative estimate of drug-likeness (QED) is 0.626. The predicted octanol–water partition coefficient (Wildman–Crippen LogP) is 4.68. The van der Waals surface area contributed by atoms with Crippen molar-refractivity contribution in [3.8, 4) is 5.75 Å². The Labute approximate surface area is 163 Å². The SMILES string of the molecule is CC(C)Oc1ccc(Nc2ccc(C(=O)NCc3ccccc3F)nc2)cc1. The van der Waals surface area contributed by atoms with Gasteiger partial charge >= 0.3 is 0 Å². The summed E-state index contributed by atoms with van der Waals surface area (Å²) >= 11 is 0. The standard InChI is InChI=1S/C22H22FN3O2/c1-15(2)28-19-10-7-17(8-11-19)26-18-9-12-21(24-14-18)22(27)25-13-16-5-3-4-6-20(16)23/h3-12,14-15,26H,13H2,1-2H3,(H,25,27). The van der Waals surface area contributed by atoms with Gasteiger partial charge < -0.3 is 15.4 Å². The molecule has 0 fully saturated rings. The molecule has 2 N–H and O–H groups in total. The molecule has 0 atom stereocenters. The zero-order valence-electron chi connectivity index (χ0n) is 15.8. The van der Waals surface area contributed by atoms with E-state index in [1.165, 1.54) is 6.07 Å². The summed E-state index contributed by atoms with van der Waals surface area (Å²) in [4.78, 5) is 16.4. The predicted molar refractivity (Wildman–Crippen MR) is 107 cm³/mol. The highest BCUT2D eigenvalue weighted by Crippen LogP contribution is 2.20. The summed E-state index contributed by atoms with van der Waals surface area (Å²) in [7, 11) is 0. The number of pyridine rings is 1. The van der Waals surface area contributed by atoms with Crippen LogP contribution in [0.2, 0.25) is 0 Å². The largest absolute Gasteiger partial charge is 0.491 e. The van der Waals surface area contributed by atoms with E-state index in [4.69, 9.17) is 4.74 Å². The van der Waals surface area contributed by atoms with Gasteiger partial charge in [0.25, 0.3) is 5.91 Å². The number of halogens is 1. The molecule has 0 aliphatic carbocycles. The van der Waals surface area contributed by atoms with E-state index in [2.05, 4.69) is 15.6 Å². The molecule has 0 bridgehead atoms. The van der Waals surface area contributed by atoms with Crippen molar-refractivity contribution in [3.05, 3.63) is 83.9 Å². The summed E-state index contributed by atoms with van der Waals surface area (Å²) in [5, 5.41) is 5.89. The monoisotopic (exact) mass is 379 g/mol. The van der Waals surface area contributed by atoms with Crippen LogP contribution in [0.4, 0.5) is 15.8 Å². The van der Waals surface area contributed by atoms with Crippen molar-refractivity contribution in [3.63, 3.8) is 0 Å². The van der Waals surface area contributed by atoms with Crippen molar-refractivity contribution in [2.75, 3.05) is 5.32 Å². The normalized spacial score (nSPS) is 10.6. The molecule has 0 spiro atoms. The van der Waals surface area contributed by atoms with Gasteiger partial charge in [-0.15, -0.1) is 0 Å². The molecule has 5 nitrogen and oxygen atoms in total. The van der Waals surface area contributed by atoms with E-state index in [0.717, 1.165) is 17.1 Å². The van der Waals surface area contributed by atoms with Gasteiger partial charge in [-0.05, 0) is 56.3 Å². The van der Waals surface area contributed by atoms with Crippen molar-refractivity contribution < 1.29 is 13.9 Å². The Kier molecular flexibility index (Phi) is 6.22. The summed E-state index contributed by atoms with van der Waals surface area (Å²) in [6.07, 6.45) is 1.70. The second-order valence-corrected chi connectivity index (χ2v) is 6.52. The van der Waals surface area contributed by atoms with Crippen LogP contribution >= 0.6 is 0 Å². The van der Waals surface area contributed by atoms with E-state index in [1.807, 2.05) is 38.1 Å². The fourth-order valence-electron chi connectivity index (χ4n) is 2.57. The molecule has 2 aromatic carbocycles. The Morgan fingerprint density at radius 3 is 2.39 bits per heavy atom. The van der Waals surface area contributed by atoms with Gasteiger partial charge in [-0.25, -0.2) is 9.37 Å². The molecule has 0 saturated carbocycles. The number of amides is 1. The lowest BCUT2D eigenvalue weighted by Gasteiger charge is -2.11. The van der Waals surface area contributed by atoms with Crippen LogP contribution in [0.25, 0.3) is 0 Å². The van der Waals surface area contributed by atoms with Crippen LogP contribution in [0.5, 0.6) is 5.75 Å². The molecule has 0 unspecified atom stereocenters. The molecule has 0 aliphatic heterocycles. The first kappa shape index (κ1) is 19.4. The van der Waals surface area contributed by atoms with Gasteiger partial charge in [0, 0.05) is 17.8 Å². The minimum atomic E-state index is -0.356. The molecular formula is C22H22FN3O2. The molecule has 3 rings (SSSR count). The van der Waals surface area contributed by atoms with Crippen molar-refractivity contribution >= 4 is 17.3 Å². The van der Waals surface area contributed by atoms with Crippen LogP contribution in [-0.4, -0.2) is 17.0 Å². The average molecular weight is 379 g/mol. The van der Waals surface area contributed by atoms with Gasteiger partial charge in [-0.3, -0.25) is 4.79 Å². The second-order valence-electron chi connectivity index (χ2n) is 6.52. The molecule has 144 valence electrons. The number of anilines is 2. The van der Waals surface area contributed by atoms with Gasteiger partial charge in [0.2, 0.25) is 0 Å². The van der Waals surface area contributed by atoms with Gasteiger partial charge in [0.15, 0.2) is 0 Å². The average Bonchev–Trinajstić information content (AvgIpc) is 2.69. The Bertz CT molecular complexity index is 925.